The molecule has 3 aliphatic rings. The second kappa shape index (κ2) is 4.17. The van der Waals surface area contributed by atoms with E-state index in [1.165, 1.54) is 12.8 Å². The van der Waals surface area contributed by atoms with E-state index in [1.54, 1.807) is 0 Å². The van der Waals surface area contributed by atoms with Crippen LogP contribution in [0.1, 0.15) is 19.8 Å². The number of hydrogen-bond acceptors (Lipinski definition) is 3. The Kier molecular flexibility index (Phi) is 2.91. The Morgan fingerprint density at radius 2 is 2.36 bits per heavy atom. The Morgan fingerprint density at radius 3 is 3.00 bits per heavy atom. The highest BCUT2D eigenvalue weighted by molar-refractivity contribution is 5.67. The van der Waals surface area contributed by atoms with E-state index in [-0.39, 0.29) is 6.09 Å². The highest BCUT2D eigenvalue weighted by atomic mass is 16.6. The van der Waals surface area contributed by atoms with Gasteiger partial charge >= 0.3 is 6.09 Å². The number of nitrogens with zero attached hydrogens (tertiary/aromatic N) is 1. The molecule has 2 unspecified atom stereocenters. The lowest BCUT2D eigenvalue weighted by Gasteiger charge is -2.22. The standard InChI is InChI=1S/C10H18N2O2/c1-2-14-10(13)12-6-8-3-4-9(7-12)11-5-8/h8-9,11H,2-7H2,1H3. The van der Waals surface area contributed by atoms with Gasteiger partial charge < -0.3 is 15.0 Å². The van der Waals surface area contributed by atoms with Gasteiger partial charge in [0.05, 0.1) is 6.61 Å². The number of hydrogen-bond donors (Lipinski definition) is 1. The lowest BCUT2D eigenvalue weighted by atomic mass is 9.97. The third-order valence-corrected chi connectivity index (χ3v) is 3.06. The first-order valence-corrected chi connectivity index (χ1v) is 5.44. The van der Waals surface area contributed by atoms with Gasteiger partial charge in [-0.15, -0.1) is 0 Å². The minimum Gasteiger partial charge on any atom is -0.450 e. The predicted octanol–water partition coefficient (Wildman–Crippen LogP) is 0.827. The molecule has 3 rings (SSSR count). The third-order valence-electron chi connectivity index (χ3n) is 3.06. The summed E-state index contributed by atoms with van der Waals surface area (Å²) in [6.45, 7) is 5.05. The maximum atomic E-state index is 11.5. The summed E-state index contributed by atoms with van der Waals surface area (Å²) in [5.41, 5.74) is 0. The first-order chi connectivity index (χ1) is 6.79. The Labute approximate surface area is 84.6 Å². The molecule has 0 spiro atoms. The van der Waals surface area contributed by atoms with Crippen LogP contribution in [0.15, 0.2) is 0 Å². The first kappa shape index (κ1) is 9.77. The van der Waals surface area contributed by atoms with Gasteiger partial charge in [-0.1, -0.05) is 0 Å². The number of carbonyl (C=O) groups is 1. The lowest BCUT2D eigenvalue weighted by molar-refractivity contribution is 0.105. The number of rotatable bonds is 1. The van der Waals surface area contributed by atoms with Gasteiger partial charge in [-0.3, -0.25) is 0 Å². The fourth-order valence-electron chi connectivity index (χ4n) is 2.30. The Morgan fingerprint density at radius 1 is 1.50 bits per heavy atom. The van der Waals surface area contributed by atoms with Gasteiger partial charge in [-0.25, -0.2) is 4.79 Å². The fraction of sp³-hybridized carbons (Fsp3) is 0.900. The largest absolute Gasteiger partial charge is 0.450 e. The van der Waals surface area contributed by atoms with Crippen LogP contribution >= 0.6 is 0 Å². The molecule has 3 saturated heterocycles. The van der Waals surface area contributed by atoms with Crippen molar-refractivity contribution in [3.05, 3.63) is 0 Å². The summed E-state index contributed by atoms with van der Waals surface area (Å²) >= 11 is 0. The molecule has 0 saturated carbocycles. The molecular formula is C10H18N2O2. The van der Waals surface area contributed by atoms with Crippen molar-refractivity contribution in [2.75, 3.05) is 26.2 Å². The van der Waals surface area contributed by atoms with E-state index in [0.717, 1.165) is 19.6 Å². The van der Waals surface area contributed by atoms with Crippen LogP contribution in [0.2, 0.25) is 0 Å². The molecule has 1 amide bonds. The van der Waals surface area contributed by atoms with E-state index in [0.29, 0.717) is 18.6 Å². The Balaban J connectivity index is 1.96. The lowest BCUT2D eigenvalue weighted by Crippen LogP contribution is -2.40. The van der Waals surface area contributed by atoms with Gasteiger partial charge in [0, 0.05) is 19.1 Å². The molecule has 0 aromatic heterocycles. The van der Waals surface area contributed by atoms with Crippen molar-refractivity contribution in [1.29, 1.82) is 0 Å². The maximum absolute atomic E-state index is 11.5. The molecule has 0 aliphatic carbocycles. The summed E-state index contributed by atoms with van der Waals surface area (Å²) < 4.78 is 5.02. The summed E-state index contributed by atoms with van der Waals surface area (Å²) in [7, 11) is 0. The molecule has 3 aliphatic heterocycles. The molecule has 80 valence electrons. The van der Waals surface area contributed by atoms with Crippen molar-refractivity contribution in [3.63, 3.8) is 0 Å². The predicted molar refractivity (Wildman–Crippen MR) is 53.1 cm³/mol. The Hall–Kier alpha value is -0.770. The van der Waals surface area contributed by atoms with Crippen LogP contribution in [0.4, 0.5) is 4.79 Å². The molecule has 0 aromatic carbocycles. The summed E-state index contributed by atoms with van der Waals surface area (Å²) in [5.74, 6) is 0.623. The van der Waals surface area contributed by atoms with Gasteiger partial charge in [0.1, 0.15) is 0 Å². The van der Waals surface area contributed by atoms with Crippen LogP contribution in [-0.2, 0) is 4.74 Å². The van der Waals surface area contributed by atoms with Crippen LogP contribution in [0.3, 0.4) is 0 Å². The summed E-state index contributed by atoms with van der Waals surface area (Å²) in [6, 6.07) is 0.484. The monoisotopic (exact) mass is 198 g/mol. The van der Waals surface area contributed by atoms with Crippen molar-refractivity contribution in [1.82, 2.24) is 10.2 Å². The van der Waals surface area contributed by atoms with Crippen molar-refractivity contribution < 1.29 is 9.53 Å². The second-order valence-electron chi connectivity index (χ2n) is 4.15. The zero-order valence-electron chi connectivity index (χ0n) is 8.66. The second-order valence-corrected chi connectivity index (χ2v) is 4.15. The smallest absolute Gasteiger partial charge is 0.409 e. The topological polar surface area (TPSA) is 41.6 Å². The van der Waals surface area contributed by atoms with Gasteiger partial charge in [0.25, 0.3) is 0 Å². The number of amides is 1. The van der Waals surface area contributed by atoms with Crippen molar-refractivity contribution in [2.24, 2.45) is 5.92 Å². The summed E-state index contributed by atoms with van der Waals surface area (Å²) in [5, 5.41) is 3.46. The molecule has 3 fully saturated rings. The molecule has 2 bridgehead atoms. The van der Waals surface area contributed by atoms with E-state index >= 15 is 0 Å². The number of piperidine rings is 1. The average molecular weight is 198 g/mol. The van der Waals surface area contributed by atoms with Gasteiger partial charge in [-0.2, -0.15) is 0 Å². The molecule has 4 heteroatoms. The van der Waals surface area contributed by atoms with Gasteiger partial charge in [0.15, 0.2) is 0 Å². The van der Waals surface area contributed by atoms with Crippen LogP contribution in [0.5, 0.6) is 0 Å². The Bertz CT molecular complexity index is 198. The highest BCUT2D eigenvalue weighted by Crippen LogP contribution is 2.21. The maximum Gasteiger partial charge on any atom is 0.409 e. The number of ether oxygens (including phenoxy) is 1. The number of fused-ring (bicyclic) bond motifs is 4. The van der Waals surface area contributed by atoms with Crippen molar-refractivity contribution >= 4 is 6.09 Å². The molecule has 0 radical (unpaired) electrons. The molecule has 0 aromatic rings. The molecule has 2 atom stereocenters. The third kappa shape index (κ3) is 2.00. The van der Waals surface area contributed by atoms with Gasteiger partial charge in [-0.05, 0) is 32.2 Å². The van der Waals surface area contributed by atoms with Crippen molar-refractivity contribution in [3.8, 4) is 0 Å². The SMILES string of the molecule is CCOC(=O)N1CC2CCC(C1)NC2. The van der Waals surface area contributed by atoms with Crippen LogP contribution < -0.4 is 5.32 Å². The molecule has 1 N–H and O–H groups in total. The average Bonchev–Trinajstić information content (AvgIpc) is 2.50. The zero-order valence-corrected chi connectivity index (χ0v) is 8.66. The van der Waals surface area contributed by atoms with E-state index < -0.39 is 0 Å². The fourth-order valence-corrected chi connectivity index (χ4v) is 2.30. The minimum atomic E-state index is -0.145. The summed E-state index contributed by atoms with van der Waals surface area (Å²) in [6.07, 6.45) is 2.29. The van der Waals surface area contributed by atoms with E-state index in [4.69, 9.17) is 4.74 Å². The minimum absolute atomic E-state index is 0.145. The molecule has 3 heterocycles. The van der Waals surface area contributed by atoms with Crippen LogP contribution in [-0.4, -0.2) is 43.3 Å². The first-order valence-electron chi connectivity index (χ1n) is 5.44. The number of nitrogens with one attached hydrogen (secondary N) is 1. The van der Waals surface area contributed by atoms with E-state index in [9.17, 15) is 4.79 Å². The van der Waals surface area contributed by atoms with Crippen LogP contribution in [0, 0.1) is 5.92 Å². The highest BCUT2D eigenvalue weighted by Gasteiger charge is 2.31. The molecule has 14 heavy (non-hydrogen) atoms. The summed E-state index contributed by atoms with van der Waals surface area (Å²) in [4.78, 5) is 13.4. The van der Waals surface area contributed by atoms with Crippen molar-refractivity contribution in [2.45, 2.75) is 25.8 Å². The molecular weight excluding hydrogens is 180 g/mol. The number of carbonyl (C=O) groups excluding carboxylic acids is 1. The van der Waals surface area contributed by atoms with E-state index in [1.807, 2.05) is 11.8 Å². The van der Waals surface area contributed by atoms with Crippen LogP contribution in [0.25, 0.3) is 0 Å². The normalized spacial score (nSPS) is 31.4. The quantitative estimate of drug-likeness (QED) is 0.678. The zero-order chi connectivity index (χ0) is 9.97. The van der Waals surface area contributed by atoms with Gasteiger partial charge in [0.2, 0.25) is 0 Å². The molecule has 4 nitrogen and oxygen atoms in total. The van der Waals surface area contributed by atoms with E-state index in [2.05, 4.69) is 5.32 Å².